The van der Waals surface area contributed by atoms with Crippen molar-refractivity contribution in [3.8, 4) is 0 Å². The lowest BCUT2D eigenvalue weighted by molar-refractivity contribution is 0.102. The van der Waals surface area contributed by atoms with Crippen LogP contribution in [0.1, 0.15) is 23.2 Å². The number of aryl methyl sites for hydroxylation is 1. The smallest absolute Gasteiger partial charge is 0.221 e. The van der Waals surface area contributed by atoms with Gasteiger partial charge in [-0.3, -0.25) is 4.79 Å². The first kappa shape index (κ1) is 12.6. The molecule has 0 atom stereocenters. The predicted molar refractivity (Wildman–Crippen MR) is 68.1 cm³/mol. The van der Waals surface area contributed by atoms with E-state index in [0.29, 0.717) is 16.4 Å². The van der Waals surface area contributed by atoms with Crippen LogP contribution < -0.4 is 0 Å². The second-order valence-corrected chi connectivity index (χ2v) is 3.67. The van der Waals surface area contributed by atoms with Crippen LogP contribution >= 0.6 is 12.6 Å². The highest BCUT2D eigenvalue weighted by molar-refractivity contribution is 7.80. The van der Waals surface area contributed by atoms with E-state index < -0.39 is 0 Å². The molecule has 1 aromatic rings. The van der Waals surface area contributed by atoms with E-state index in [0.717, 1.165) is 0 Å². The second-order valence-electron chi connectivity index (χ2n) is 3.19. The topological polar surface area (TPSA) is 30.2 Å². The summed E-state index contributed by atoms with van der Waals surface area (Å²) in [6, 6.07) is 1.63. The highest BCUT2D eigenvalue weighted by Crippen LogP contribution is 2.18. The average Bonchev–Trinajstić information content (AvgIpc) is 2.59. The molecule has 0 spiro atoms. The molecule has 1 heterocycles. The minimum Gasteiger partial charge on any atom is -0.457 e. The fourth-order valence-corrected chi connectivity index (χ4v) is 1.22. The normalized spacial score (nSPS) is 12.2. The fourth-order valence-electron chi connectivity index (χ4n) is 1.06. The standard InChI is InChI=1S/C13H14O2S/c1-3-4-5-6-7-8-11(14)12-9-13(16)10(2)15-12/h3-9,16H,1-2H3. The van der Waals surface area contributed by atoms with Gasteiger partial charge in [0.1, 0.15) is 5.76 Å². The van der Waals surface area contributed by atoms with Gasteiger partial charge in [-0.1, -0.05) is 30.4 Å². The summed E-state index contributed by atoms with van der Waals surface area (Å²) in [5, 5.41) is 0. The van der Waals surface area contributed by atoms with Gasteiger partial charge in [0.2, 0.25) is 5.78 Å². The van der Waals surface area contributed by atoms with E-state index in [-0.39, 0.29) is 5.78 Å². The van der Waals surface area contributed by atoms with Crippen molar-refractivity contribution in [2.75, 3.05) is 0 Å². The van der Waals surface area contributed by atoms with Gasteiger partial charge in [-0.15, -0.1) is 12.6 Å². The van der Waals surface area contributed by atoms with Gasteiger partial charge in [-0.05, 0) is 19.9 Å². The molecule has 0 aliphatic rings. The Balaban J connectivity index is 2.65. The molecule has 84 valence electrons. The number of furan rings is 1. The Kier molecular flexibility index (Phi) is 4.86. The second kappa shape index (κ2) is 6.18. The number of carbonyl (C=O) groups excluding carboxylic acids is 1. The molecule has 1 aromatic heterocycles. The third kappa shape index (κ3) is 3.59. The van der Waals surface area contributed by atoms with Gasteiger partial charge in [-0.25, -0.2) is 0 Å². The lowest BCUT2D eigenvalue weighted by Gasteiger charge is -1.86. The molecule has 1 rings (SSSR count). The number of ketones is 1. The van der Waals surface area contributed by atoms with E-state index >= 15 is 0 Å². The molecule has 0 saturated carbocycles. The van der Waals surface area contributed by atoms with E-state index in [1.807, 2.05) is 25.2 Å². The van der Waals surface area contributed by atoms with Crippen LogP contribution in [0, 0.1) is 6.92 Å². The molecule has 0 saturated heterocycles. The largest absolute Gasteiger partial charge is 0.457 e. The zero-order valence-corrected chi connectivity index (χ0v) is 10.2. The number of hydrogen-bond acceptors (Lipinski definition) is 3. The lowest BCUT2D eigenvalue weighted by atomic mass is 10.2. The van der Waals surface area contributed by atoms with Crippen LogP contribution in [0.15, 0.2) is 51.8 Å². The van der Waals surface area contributed by atoms with E-state index in [9.17, 15) is 4.79 Å². The molecule has 0 fully saturated rings. The van der Waals surface area contributed by atoms with Crippen LogP contribution in [0.4, 0.5) is 0 Å². The highest BCUT2D eigenvalue weighted by Gasteiger charge is 2.09. The summed E-state index contributed by atoms with van der Waals surface area (Å²) in [4.78, 5) is 12.3. The van der Waals surface area contributed by atoms with Gasteiger partial charge < -0.3 is 4.42 Å². The fraction of sp³-hybridized carbons (Fsp3) is 0.154. The lowest BCUT2D eigenvalue weighted by Crippen LogP contribution is -1.89. The maximum absolute atomic E-state index is 11.6. The van der Waals surface area contributed by atoms with Crippen LogP contribution in [-0.4, -0.2) is 5.78 Å². The summed E-state index contributed by atoms with van der Waals surface area (Å²) < 4.78 is 5.24. The Bertz CT molecular complexity index is 431. The van der Waals surface area contributed by atoms with E-state index in [4.69, 9.17) is 4.42 Å². The number of allylic oxidation sites excluding steroid dienone is 6. The summed E-state index contributed by atoms with van der Waals surface area (Å²) in [5.41, 5.74) is 0. The van der Waals surface area contributed by atoms with Crippen molar-refractivity contribution in [3.63, 3.8) is 0 Å². The zero-order valence-electron chi connectivity index (χ0n) is 9.31. The minimum absolute atomic E-state index is 0.159. The van der Waals surface area contributed by atoms with E-state index in [1.54, 1.807) is 25.1 Å². The number of rotatable bonds is 4. The monoisotopic (exact) mass is 234 g/mol. The first-order chi connectivity index (χ1) is 7.65. The molecule has 0 amide bonds. The number of thiol groups is 1. The van der Waals surface area contributed by atoms with Gasteiger partial charge in [0.05, 0.1) is 0 Å². The Morgan fingerprint density at radius 3 is 2.56 bits per heavy atom. The van der Waals surface area contributed by atoms with Gasteiger partial charge in [0.25, 0.3) is 0 Å². The minimum atomic E-state index is -0.159. The Hall–Kier alpha value is -1.48. The maximum Gasteiger partial charge on any atom is 0.221 e. The highest BCUT2D eigenvalue weighted by atomic mass is 32.1. The van der Waals surface area contributed by atoms with Gasteiger partial charge in [0.15, 0.2) is 5.76 Å². The van der Waals surface area contributed by atoms with Crippen LogP contribution in [-0.2, 0) is 0 Å². The summed E-state index contributed by atoms with van der Waals surface area (Å²) in [6.45, 7) is 3.70. The average molecular weight is 234 g/mol. The van der Waals surface area contributed by atoms with Crippen LogP contribution in [0.2, 0.25) is 0 Å². The van der Waals surface area contributed by atoms with Crippen LogP contribution in [0.5, 0.6) is 0 Å². The molecule has 3 heteroatoms. The summed E-state index contributed by atoms with van der Waals surface area (Å²) in [6.07, 6.45) is 10.6. The van der Waals surface area contributed by atoms with Crippen molar-refractivity contribution in [1.29, 1.82) is 0 Å². The molecular formula is C13H14O2S. The van der Waals surface area contributed by atoms with Crippen LogP contribution in [0.3, 0.4) is 0 Å². The Labute approximate surface area is 101 Å². The maximum atomic E-state index is 11.6. The van der Waals surface area contributed by atoms with Crippen molar-refractivity contribution in [2.45, 2.75) is 18.7 Å². The molecule has 16 heavy (non-hydrogen) atoms. The van der Waals surface area contributed by atoms with Crippen molar-refractivity contribution in [3.05, 3.63) is 54.0 Å². The number of carbonyl (C=O) groups is 1. The third-order valence-corrected chi connectivity index (χ3v) is 2.35. The number of hydrogen-bond donors (Lipinski definition) is 1. The molecular weight excluding hydrogens is 220 g/mol. The molecule has 0 bridgehead atoms. The summed E-state index contributed by atoms with van der Waals surface area (Å²) in [7, 11) is 0. The SMILES string of the molecule is CC=CC=CC=CC(=O)c1cc(S)c(C)o1. The van der Waals surface area contributed by atoms with Crippen LogP contribution in [0.25, 0.3) is 0 Å². The zero-order chi connectivity index (χ0) is 12.0. The molecule has 0 aliphatic carbocycles. The summed E-state index contributed by atoms with van der Waals surface area (Å²) >= 11 is 4.16. The molecule has 0 aromatic carbocycles. The van der Waals surface area contributed by atoms with Gasteiger partial charge >= 0.3 is 0 Å². The van der Waals surface area contributed by atoms with E-state index in [1.165, 1.54) is 6.08 Å². The summed E-state index contributed by atoms with van der Waals surface area (Å²) in [5.74, 6) is 0.816. The van der Waals surface area contributed by atoms with E-state index in [2.05, 4.69) is 12.6 Å². The quantitative estimate of drug-likeness (QED) is 0.372. The van der Waals surface area contributed by atoms with Gasteiger partial charge in [0, 0.05) is 11.0 Å². The molecule has 0 aliphatic heterocycles. The molecule has 0 unspecified atom stereocenters. The van der Waals surface area contributed by atoms with Gasteiger partial charge in [-0.2, -0.15) is 0 Å². The Morgan fingerprint density at radius 2 is 2.00 bits per heavy atom. The third-order valence-electron chi connectivity index (χ3n) is 1.91. The van der Waals surface area contributed by atoms with Crippen molar-refractivity contribution in [2.24, 2.45) is 0 Å². The van der Waals surface area contributed by atoms with Crippen molar-refractivity contribution < 1.29 is 9.21 Å². The molecule has 0 N–H and O–H groups in total. The molecule has 2 nitrogen and oxygen atoms in total. The van der Waals surface area contributed by atoms with Crippen molar-refractivity contribution >= 4 is 18.4 Å². The first-order valence-electron chi connectivity index (χ1n) is 4.95. The predicted octanol–water partition coefficient (Wildman–Crippen LogP) is 3.75. The van der Waals surface area contributed by atoms with Crippen molar-refractivity contribution in [1.82, 2.24) is 0 Å². The Morgan fingerprint density at radius 1 is 1.31 bits per heavy atom. The molecule has 0 radical (unpaired) electrons. The first-order valence-corrected chi connectivity index (χ1v) is 5.39.